The summed E-state index contributed by atoms with van der Waals surface area (Å²) in [6, 6.07) is 17.1. The third kappa shape index (κ3) is 5.61. The number of hydrogen-bond acceptors (Lipinski definition) is 4. The zero-order valence-electron chi connectivity index (χ0n) is 19.1. The van der Waals surface area contributed by atoms with Gasteiger partial charge in [0.15, 0.2) is 0 Å². The summed E-state index contributed by atoms with van der Waals surface area (Å²) in [5.41, 5.74) is 4.50. The number of hydrogen-bond donors (Lipinski definition) is 1. The van der Waals surface area contributed by atoms with E-state index in [1.54, 1.807) is 0 Å². The SMILES string of the molecule is CCN(CC)CCN(CCN(CC)CC)c1ccc(-c2nc3ccccc3[nH]2)cc1. The van der Waals surface area contributed by atoms with Crippen molar-refractivity contribution in [3.8, 4) is 11.4 Å². The fourth-order valence-corrected chi connectivity index (χ4v) is 3.89. The molecule has 162 valence electrons. The molecule has 30 heavy (non-hydrogen) atoms. The highest BCUT2D eigenvalue weighted by Gasteiger charge is 2.12. The van der Waals surface area contributed by atoms with Gasteiger partial charge in [0.25, 0.3) is 0 Å². The smallest absolute Gasteiger partial charge is 0.138 e. The van der Waals surface area contributed by atoms with Gasteiger partial charge in [0.05, 0.1) is 11.0 Å². The molecule has 0 radical (unpaired) electrons. The van der Waals surface area contributed by atoms with Crippen molar-refractivity contribution < 1.29 is 0 Å². The van der Waals surface area contributed by atoms with Crippen molar-refractivity contribution in [2.75, 3.05) is 57.3 Å². The lowest BCUT2D eigenvalue weighted by molar-refractivity contribution is 0.294. The fourth-order valence-electron chi connectivity index (χ4n) is 3.89. The van der Waals surface area contributed by atoms with Crippen LogP contribution in [0.5, 0.6) is 0 Å². The van der Waals surface area contributed by atoms with Crippen LogP contribution in [0.1, 0.15) is 27.7 Å². The van der Waals surface area contributed by atoms with Crippen LogP contribution in [0.2, 0.25) is 0 Å². The Balaban J connectivity index is 1.75. The molecule has 1 aromatic heterocycles. The number of H-pyrrole nitrogens is 1. The number of para-hydroxylation sites is 2. The summed E-state index contributed by atoms with van der Waals surface area (Å²) in [5, 5.41) is 0. The predicted molar refractivity (Wildman–Crippen MR) is 129 cm³/mol. The summed E-state index contributed by atoms with van der Waals surface area (Å²) >= 11 is 0. The van der Waals surface area contributed by atoms with Crippen LogP contribution in [-0.2, 0) is 0 Å². The van der Waals surface area contributed by atoms with E-state index in [0.29, 0.717) is 0 Å². The zero-order valence-corrected chi connectivity index (χ0v) is 19.1. The lowest BCUT2D eigenvalue weighted by Gasteiger charge is -2.30. The second-order valence-corrected chi connectivity index (χ2v) is 7.69. The summed E-state index contributed by atoms with van der Waals surface area (Å²) in [7, 11) is 0. The highest BCUT2D eigenvalue weighted by atomic mass is 15.2. The molecule has 0 unspecified atom stereocenters. The van der Waals surface area contributed by atoms with Crippen LogP contribution >= 0.6 is 0 Å². The molecule has 0 aliphatic rings. The summed E-state index contributed by atoms with van der Waals surface area (Å²) in [4.78, 5) is 15.7. The van der Waals surface area contributed by atoms with Crippen molar-refractivity contribution in [3.05, 3.63) is 48.5 Å². The first kappa shape index (κ1) is 22.3. The predicted octanol–water partition coefficient (Wildman–Crippen LogP) is 4.72. The van der Waals surface area contributed by atoms with Gasteiger partial charge in [-0.2, -0.15) is 0 Å². The molecule has 0 spiro atoms. The Morgan fingerprint density at radius 2 is 1.27 bits per heavy atom. The lowest BCUT2D eigenvalue weighted by Crippen LogP contribution is -2.39. The Labute approximate surface area is 181 Å². The zero-order chi connectivity index (χ0) is 21.3. The summed E-state index contributed by atoms with van der Waals surface area (Å²) in [6.07, 6.45) is 0. The Hall–Kier alpha value is -2.37. The highest BCUT2D eigenvalue weighted by Crippen LogP contribution is 2.23. The number of benzene rings is 2. The average Bonchev–Trinajstić information content (AvgIpc) is 3.23. The van der Waals surface area contributed by atoms with Gasteiger partial charge in [-0.3, -0.25) is 0 Å². The van der Waals surface area contributed by atoms with Crippen LogP contribution in [0, 0.1) is 0 Å². The summed E-state index contributed by atoms with van der Waals surface area (Å²) < 4.78 is 0. The monoisotopic (exact) mass is 407 g/mol. The van der Waals surface area contributed by atoms with E-state index < -0.39 is 0 Å². The molecule has 0 bridgehead atoms. The highest BCUT2D eigenvalue weighted by molar-refractivity contribution is 5.79. The molecule has 0 saturated carbocycles. The van der Waals surface area contributed by atoms with E-state index in [1.807, 2.05) is 18.2 Å². The molecule has 0 amide bonds. The van der Waals surface area contributed by atoms with E-state index >= 15 is 0 Å². The third-order valence-corrected chi connectivity index (χ3v) is 6.06. The molecule has 2 aromatic carbocycles. The number of nitrogens with one attached hydrogen (secondary N) is 1. The normalized spacial score (nSPS) is 11.7. The minimum absolute atomic E-state index is 0.931. The van der Waals surface area contributed by atoms with Crippen molar-refractivity contribution in [1.82, 2.24) is 19.8 Å². The third-order valence-electron chi connectivity index (χ3n) is 6.06. The van der Waals surface area contributed by atoms with Crippen molar-refractivity contribution in [3.63, 3.8) is 0 Å². The molecule has 1 heterocycles. The van der Waals surface area contributed by atoms with Gasteiger partial charge in [0, 0.05) is 37.4 Å². The minimum atomic E-state index is 0.931. The molecule has 3 rings (SSSR count). The maximum absolute atomic E-state index is 4.74. The van der Waals surface area contributed by atoms with Crippen molar-refractivity contribution >= 4 is 16.7 Å². The first-order chi connectivity index (χ1) is 14.7. The van der Waals surface area contributed by atoms with Crippen LogP contribution in [0.25, 0.3) is 22.4 Å². The Morgan fingerprint density at radius 1 is 0.700 bits per heavy atom. The van der Waals surface area contributed by atoms with Crippen molar-refractivity contribution in [2.45, 2.75) is 27.7 Å². The van der Waals surface area contributed by atoms with Gasteiger partial charge in [-0.15, -0.1) is 0 Å². The van der Waals surface area contributed by atoms with Gasteiger partial charge in [-0.25, -0.2) is 4.98 Å². The van der Waals surface area contributed by atoms with Crippen molar-refractivity contribution in [2.24, 2.45) is 0 Å². The number of imidazole rings is 1. The molecular formula is C25H37N5. The lowest BCUT2D eigenvalue weighted by atomic mass is 10.2. The molecule has 0 fully saturated rings. The number of aromatic nitrogens is 2. The maximum Gasteiger partial charge on any atom is 0.138 e. The second-order valence-electron chi connectivity index (χ2n) is 7.69. The number of nitrogens with zero attached hydrogens (tertiary/aromatic N) is 4. The van der Waals surface area contributed by atoms with Gasteiger partial charge in [-0.1, -0.05) is 39.8 Å². The molecule has 3 aromatic rings. The Bertz CT molecular complexity index is 829. The molecule has 0 saturated heterocycles. The van der Waals surface area contributed by atoms with Crippen LogP contribution < -0.4 is 4.90 Å². The molecule has 0 aliphatic carbocycles. The van der Waals surface area contributed by atoms with Gasteiger partial charge >= 0.3 is 0 Å². The summed E-state index contributed by atoms with van der Waals surface area (Å²) in [6.45, 7) is 17.7. The first-order valence-electron chi connectivity index (χ1n) is 11.4. The van der Waals surface area contributed by atoms with E-state index in [2.05, 4.69) is 77.7 Å². The van der Waals surface area contributed by atoms with Crippen LogP contribution in [0.15, 0.2) is 48.5 Å². The number of rotatable bonds is 12. The molecule has 1 N–H and O–H groups in total. The fraction of sp³-hybridized carbons (Fsp3) is 0.480. The largest absolute Gasteiger partial charge is 0.369 e. The number of likely N-dealkylation sites (N-methyl/N-ethyl adjacent to an activating group) is 2. The number of anilines is 1. The van der Waals surface area contributed by atoms with Gasteiger partial charge in [0.2, 0.25) is 0 Å². The molecule has 0 aliphatic heterocycles. The van der Waals surface area contributed by atoms with E-state index in [0.717, 1.165) is 74.8 Å². The standard InChI is InChI=1S/C25H37N5/c1-5-28(6-2)17-19-30(20-18-29(7-3)8-4)22-15-13-21(14-16-22)25-26-23-11-9-10-12-24(23)27-25/h9-16H,5-8,17-20H2,1-4H3,(H,26,27). The Kier molecular flexibility index (Phi) is 8.29. The van der Waals surface area contributed by atoms with Crippen LogP contribution in [-0.4, -0.2) is 72.1 Å². The van der Waals surface area contributed by atoms with Crippen LogP contribution in [0.4, 0.5) is 5.69 Å². The second kappa shape index (κ2) is 11.1. The minimum Gasteiger partial charge on any atom is -0.369 e. The van der Waals surface area contributed by atoms with E-state index in [9.17, 15) is 0 Å². The quantitative estimate of drug-likeness (QED) is 0.471. The topological polar surface area (TPSA) is 38.4 Å². The van der Waals surface area contributed by atoms with E-state index in [1.165, 1.54) is 5.69 Å². The van der Waals surface area contributed by atoms with Gasteiger partial charge in [-0.05, 0) is 62.6 Å². The number of fused-ring (bicyclic) bond motifs is 1. The molecule has 5 nitrogen and oxygen atoms in total. The Morgan fingerprint density at radius 3 is 1.80 bits per heavy atom. The number of aromatic amines is 1. The molecule has 0 atom stereocenters. The summed E-state index contributed by atoms with van der Waals surface area (Å²) in [5.74, 6) is 0.931. The molecule has 5 heteroatoms. The average molecular weight is 408 g/mol. The van der Waals surface area contributed by atoms with E-state index in [4.69, 9.17) is 4.98 Å². The van der Waals surface area contributed by atoms with Gasteiger partial charge < -0.3 is 19.7 Å². The van der Waals surface area contributed by atoms with Gasteiger partial charge in [0.1, 0.15) is 5.82 Å². The molecular weight excluding hydrogens is 370 g/mol. The van der Waals surface area contributed by atoms with E-state index in [-0.39, 0.29) is 0 Å². The van der Waals surface area contributed by atoms with Crippen LogP contribution in [0.3, 0.4) is 0 Å². The maximum atomic E-state index is 4.74. The van der Waals surface area contributed by atoms with Crippen molar-refractivity contribution in [1.29, 1.82) is 0 Å². The first-order valence-corrected chi connectivity index (χ1v) is 11.4.